The van der Waals surface area contributed by atoms with E-state index >= 15 is 0 Å². The summed E-state index contributed by atoms with van der Waals surface area (Å²) in [4.78, 5) is 25.9. The van der Waals surface area contributed by atoms with Gasteiger partial charge in [-0.1, -0.05) is 6.07 Å². The standard InChI is InChI=1S/C19H26N2O4/c1-4-25-16-9-7-14(12-17(16)24-3)8-10-18(22)21-11-5-6-15(13-21)19(23)20-2/h7-10,12,15H,4-6,11,13H2,1-3H3,(H,20,23)/b10-8+. The van der Waals surface area contributed by atoms with Crippen LogP contribution in [0.3, 0.4) is 0 Å². The van der Waals surface area contributed by atoms with Crippen molar-refractivity contribution in [3.63, 3.8) is 0 Å². The fourth-order valence-corrected chi connectivity index (χ4v) is 2.93. The predicted molar refractivity (Wildman–Crippen MR) is 96.6 cm³/mol. The third-order valence-corrected chi connectivity index (χ3v) is 4.26. The predicted octanol–water partition coefficient (Wildman–Crippen LogP) is 2.09. The minimum absolute atomic E-state index is 0.00210. The molecule has 1 atom stereocenters. The van der Waals surface area contributed by atoms with Crippen molar-refractivity contribution in [2.45, 2.75) is 19.8 Å². The number of benzene rings is 1. The van der Waals surface area contributed by atoms with Gasteiger partial charge in [0, 0.05) is 26.2 Å². The number of piperidine rings is 1. The first-order valence-corrected chi connectivity index (χ1v) is 8.58. The Morgan fingerprint density at radius 1 is 1.36 bits per heavy atom. The second kappa shape index (κ2) is 9.11. The van der Waals surface area contributed by atoms with Gasteiger partial charge in [0.15, 0.2) is 11.5 Å². The van der Waals surface area contributed by atoms with Gasteiger partial charge < -0.3 is 19.7 Å². The number of methoxy groups -OCH3 is 1. The summed E-state index contributed by atoms with van der Waals surface area (Å²) in [6, 6.07) is 5.54. The number of rotatable bonds is 6. The minimum atomic E-state index is -0.123. The number of nitrogens with zero attached hydrogens (tertiary/aromatic N) is 1. The smallest absolute Gasteiger partial charge is 0.246 e. The lowest BCUT2D eigenvalue weighted by molar-refractivity contribution is -0.131. The van der Waals surface area contributed by atoms with E-state index in [1.807, 2.05) is 25.1 Å². The molecule has 1 aliphatic rings. The Hall–Kier alpha value is -2.50. The lowest BCUT2D eigenvalue weighted by Gasteiger charge is -2.31. The van der Waals surface area contributed by atoms with Gasteiger partial charge in [0.1, 0.15) is 0 Å². The van der Waals surface area contributed by atoms with Crippen molar-refractivity contribution in [2.75, 3.05) is 33.9 Å². The van der Waals surface area contributed by atoms with E-state index in [4.69, 9.17) is 9.47 Å². The van der Waals surface area contributed by atoms with Gasteiger partial charge >= 0.3 is 0 Å². The van der Waals surface area contributed by atoms with Crippen molar-refractivity contribution in [2.24, 2.45) is 5.92 Å². The van der Waals surface area contributed by atoms with Crippen molar-refractivity contribution >= 4 is 17.9 Å². The van der Waals surface area contributed by atoms with Crippen LogP contribution in [0.2, 0.25) is 0 Å². The molecule has 2 amide bonds. The summed E-state index contributed by atoms with van der Waals surface area (Å²) >= 11 is 0. The summed E-state index contributed by atoms with van der Waals surface area (Å²) in [6.45, 7) is 3.63. The monoisotopic (exact) mass is 346 g/mol. The Kier molecular flexibility index (Phi) is 6.86. The van der Waals surface area contributed by atoms with E-state index in [-0.39, 0.29) is 17.7 Å². The van der Waals surface area contributed by atoms with E-state index in [2.05, 4.69) is 5.32 Å². The van der Waals surface area contributed by atoms with Gasteiger partial charge in [-0.25, -0.2) is 0 Å². The zero-order chi connectivity index (χ0) is 18.2. The van der Waals surface area contributed by atoms with E-state index in [0.29, 0.717) is 31.2 Å². The molecule has 6 heteroatoms. The molecular formula is C19H26N2O4. The van der Waals surface area contributed by atoms with Crippen molar-refractivity contribution in [3.05, 3.63) is 29.8 Å². The summed E-state index contributed by atoms with van der Waals surface area (Å²) in [7, 11) is 3.21. The molecule has 136 valence electrons. The summed E-state index contributed by atoms with van der Waals surface area (Å²) in [5.41, 5.74) is 0.855. The van der Waals surface area contributed by atoms with Crippen molar-refractivity contribution in [3.8, 4) is 11.5 Å². The van der Waals surface area contributed by atoms with Crippen LogP contribution in [0, 0.1) is 5.92 Å². The van der Waals surface area contributed by atoms with Crippen molar-refractivity contribution < 1.29 is 19.1 Å². The topological polar surface area (TPSA) is 67.9 Å². The number of hydrogen-bond acceptors (Lipinski definition) is 4. The first kappa shape index (κ1) is 18.8. The third kappa shape index (κ3) is 4.98. The maximum absolute atomic E-state index is 12.4. The summed E-state index contributed by atoms with van der Waals surface area (Å²) in [5, 5.41) is 2.66. The Balaban J connectivity index is 2.03. The molecule has 0 radical (unpaired) electrons. The van der Waals surface area contributed by atoms with Gasteiger partial charge in [-0.05, 0) is 43.5 Å². The molecule has 0 spiro atoms. The molecule has 6 nitrogen and oxygen atoms in total. The van der Waals surface area contributed by atoms with E-state index in [0.717, 1.165) is 18.4 Å². The first-order valence-electron chi connectivity index (χ1n) is 8.58. The normalized spacial score (nSPS) is 17.4. The third-order valence-electron chi connectivity index (χ3n) is 4.26. The van der Waals surface area contributed by atoms with Crippen LogP contribution in [0.4, 0.5) is 0 Å². The Morgan fingerprint density at radius 2 is 2.16 bits per heavy atom. The SMILES string of the molecule is CCOc1ccc(/C=C/C(=O)N2CCCC(C(=O)NC)C2)cc1OC. The molecule has 1 aliphatic heterocycles. The molecule has 25 heavy (non-hydrogen) atoms. The maximum atomic E-state index is 12.4. The van der Waals surface area contributed by atoms with Crippen molar-refractivity contribution in [1.82, 2.24) is 10.2 Å². The largest absolute Gasteiger partial charge is 0.493 e. The average molecular weight is 346 g/mol. The maximum Gasteiger partial charge on any atom is 0.246 e. The Morgan fingerprint density at radius 3 is 2.84 bits per heavy atom. The summed E-state index contributed by atoms with van der Waals surface area (Å²) in [5.74, 6) is 1.10. The molecule has 0 bridgehead atoms. The number of amides is 2. The van der Waals surface area contributed by atoms with Gasteiger partial charge in [-0.2, -0.15) is 0 Å². The van der Waals surface area contributed by atoms with Gasteiger partial charge in [-0.3, -0.25) is 9.59 Å². The van der Waals surface area contributed by atoms with Crippen LogP contribution in [-0.4, -0.2) is 50.6 Å². The zero-order valence-corrected chi connectivity index (χ0v) is 15.1. The van der Waals surface area contributed by atoms with Crippen LogP contribution in [0.25, 0.3) is 6.08 Å². The highest BCUT2D eigenvalue weighted by Gasteiger charge is 2.26. The van der Waals surface area contributed by atoms with Gasteiger partial charge in [0.2, 0.25) is 11.8 Å². The van der Waals surface area contributed by atoms with E-state index in [1.165, 1.54) is 0 Å². The number of nitrogens with one attached hydrogen (secondary N) is 1. The number of carbonyl (C=O) groups excluding carboxylic acids is 2. The number of hydrogen-bond donors (Lipinski definition) is 1. The second-order valence-electron chi connectivity index (χ2n) is 5.91. The first-order chi connectivity index (χ1) is 12.1. The van der Waals surface area contributed by atoms with E-state index in [1.54, 1.807) is 31.2 Å². The molecule has 1 N–H and O–H groups in total. The lowest BCUT2D eigenvalue weighted by Crippen LogP contribution is -2.44. The minimum Gasteiger partial charge on any atom is -0.493 e. The van der Waals surface area contributed by atoms with Gasteiger partial charge in [0.25, 0.3) is 0 Å². The second-order valence-corrected chi connectivity index (χ2v) is 5.91. The van der Waals surface area contributed by atoms with E-state index in [9.17, 15) is 9.59 Å². The Labute approximate surface area is 148 Å². The lowest BCUT2D eigenvalue weighted by atomic mass is 9.97. The molecule has 1 unspecified atom stereocenters. The highest BCUT2D eigenvalue weighted by atomic mass is 16.5. The van der Waals surface area contributed by atoms with E-state index < -0.39 is 0 Å². The molecule has 1 fully saturated rings. The van der Waals surface area contributed by atoms with Gasteiger partial charge in [-0.15, -0.1) is 0 Å². The van der Waals surface area contributed by atoms with Gasteiger partial charge in [0.05, 0.1) is 19.6 Å². The van der Waals surface area contributed by atoms with Crippen LogP contribution in [0.15, 0.2) is 24.3 Å². The highest BCUT2D eigenvalue weighted by molar-refractivity contribution is 5.92. The summed E-state index contributed by atoms with van der Waals surface area (Å²) in [6.07, 6.45) is 4.96. The number of carbonyl (C=O) groups is 2. The molecule has 0 aromatic heterocycles. The zero-order valence-electron chi connectivity index (χ0n) is 15.1. The average Bonchev–Trinajstić information content (AvgIpc) is 2.66. The molecular weight excluding hydrogens is 320 g/mol. The highest BCUT2D eigenvalue weighted by Crippen LogP contribution is 2.28. The molecule has 1 saturated heterocycles. The fraction of sp³-hybridized carbons (Fsp3) is 0.474. The molecule has 0 saturated carbocycles. The van der Waals surface area contributed by atoms with Crippen LogP contribution in [0.5, 0.6) is 11.5 Å². The summed E-state index contributed by atoms with van der Waals surface area (Å²) < 4.78 is 10.8. The quantitative estimate of drug-likeness (QED) is 0.801. The van der Waals surface area contributed by atoms with Crippen LogP contribution in [-0.2, 0) is 9.59 Å². The number of ether oxygens (including phenoxy) is 2. The molecule has 1 aromatic carbocycles. The molecule has 0 aliphatic carbocycles. The van der Waals surface area contributed by atoms with Crippen LogP contribution < -0.4 is 14.8 Å². The van der Waals surface area contributed by atoms with Crippen LogP contribution in [0.1, 0.15) is 25.3 Å². The number of likely N-dealkylation sites (tertiary alicyclic amines) is 1. The Bertz CT molecular complexity index is 642. The van der Waals surface area contributed by atoms with Crippen LogP contribution >= 0.6 is 0 Å². The molecule has 1 heterocycles. The molecule has 2 rings (SSSR count). The molecule has 1 aromatic rings. The fourth-order valence-electron chi connectivity index (χ4n) is 2.93. The van der Waals surface area contributed by atoms with Crippen molar-refractivity contribution in [1.29, 1.82) is 0 Å².